The van der Waals surface area contributed by atoms with Crippen molar-refractivity contribution in [1.82, 2.24) is 9.97 Å². The van der Waals surface area contributed by atoms with Crippen molar-refractivity contribution < 1.29 is 13.5 Å². The number of rotatable bonds is 10. The summed E-state index contributed by atoms with van der Waals surface area (Å²) < 4.78 is 29.8. The predicted molar refractivity (Wildman–Crippen MR) is 114 cm³/mol. The summed E-state index contributed by atoms with van der Waals surface area (Å²) >= 11 is 1.65. The van der Waals surface area contributed by atoms with Crippen molar-refractivity contribution in [3.05, 3.63) is 47.4 Å². The first-order valence-corrected chi connectivity index (χ1v) is 9.94. The Labute approximate surface area is 172 Å². The molecule has 0 spiro atoms. The van der Waals surface area contributed by atoms with Crippen molar-refractivity contribution in [2.45, 2.75) is 24.8 Å². The number of alkyl halides is 2. The number of aryl methyl sites for hydroxylation is 1. The highest BCUT2D eigenvalue weighted by Gasteiger charge is 2.08. The molecular formula is C19H24F2N6OS. The lowest BCUT2D eigenvalue weighted by molar-refractivity contribution is 0.159. The highest BCUT2D eigenvalue weighted by molar-refractivity contribution is 7.98. The maximum absolute atomic E-state index is 12.2. The fourth-order valence-corrected chi connectivity index (χ4v) is 2.82. The molecule has 0 unspecified atom stereocenters. The van der Waals surface area contributed by atoms with Gasteiger partial charge in [0.15, 0.2) is 0 Å². The third kappa shape index (κ3) is 6.90. The molecule has 1 heterocycles. The minimum atomic E-state index is -2.52. The van der Waals surface area contributed by atoms with Gasteiger partial charge in [-0.15, -0.1) is 11.8 Å². The van der Waals surface area contributed by atoms with Crippen molar-refractivity contribution in [3.8, 4) is 5.75 Å². The van der Waals surface area contributed by atoms with Gasteiger partial charge in [0.1, 0.15) is 11.6 Å². The number of nitrogens with two attached hydrogens (primary N) is 1. The van der Waals surface area contributed by atoms with Gasteiger partial charge in [-0.3, -0.25) is 4.99 Å². The number of aromatic nitrogens is 2. The first-order valence-electron chi connectivity index (χ1n) is 8.72. The van der Waals surface area contributed by atoms with E-state index in [9.17, 15) is 8.78 Å². The Kier molecular flexibility index (Phi) is 8.66. The Hall–Kier alpha value is -2.88. The summed E-state index contributed by atoms with van der Waals surface area (Å²) in [4.78, 5) is 13.4. The lowest BCUT2D eigenvalue weighted by Crippen LogP contribution is -2.11. The number of ether oxygens (including phenoxy) is 1. The van der Waals surface area contributed by atoms with E-state index in [0.717, 1.165) is 21.8 Å². The SMILES string of the molecule is COc1ccc(SC)cc1CNc1nc(N/C(C=NCC(F)F)=C/N)ncc1C. The molecule has 1 aromatic heterocycles. The minimum Gasteiger partial charge on any atom is -0.496 e. The predicted octanol–water partition coefficient (Wildman–Crippen LogP) is 3.68. The van der Waals surface area contributed by atoms with Gasteiger partial charge in [0.2, 0.25) is 5.95 Å². The number of nitrogens with one attached hydrogen (secondary N) is 2. The Balaban J connectivity index is 2.12. The van der Waals surface area contributed by atoms with Gasteiger partial charge in [-0.05, 0) is 31.4 Å². The highest BCUT2D eigenvalue weighted by Crippen LogP contribution is 2.26. The number of aliphatic imine (C=N–C) groups is 1. The van der Waals surface area contributed by atoms with Crippen LogP contribution in [0.4, 0.5) is 20.5 Å². The molecule has 0 radical (unpaired) electrons. The molecule has 0 aliphatic heterocycles. The van der Waals surface area contributed by atoms with Crippen molar-refractivity contribution >= 4 is 29.7 Å². The summed E-state index contributed by atoms with van der Waals surface area (Å²) in [6.07, 6.45) is 3.58. The molecule has 2 rings (SSSR count). The van der Waals surface area contributed by atoms with E-state index in [4.69, 9.17) is 10.5 Å². The number of hydrogen-bond acceptors (Lipinski definition) is 8. The zero-order valence-electron chi connectivity index (χ0n) is 16.4. The minimum absolute atomic E-state index is 0.267. The lowest BCUT2D eigenvalue weighted by atomic mass is 10.2. The summed E-state index contributed by atoms with van der Waals surface area (Å²) in [5.74, 6) is 1.67. The fourth-order valence-electron chi connectivity index (χ4n) is 2.36. The van der Waals surface area contributed by atoms with E-state index >= 15 is 0 Å². The number of anilines is 2. The maximum Gasteiger partial charge on any atom is 0.257 e. The number of halogens is 2. The van der Waals surface area contributed by atoms with Gasteiger partial charge in [0.05, 0.1) is 19.4 Å². The van der Waals surface area contributed by atoms with E-state index in [1.165, 1.54) is 12.4 Å². The first kappa shape index (κ1) is 22.4. The van der Waals surface area contributed by atoms with Gasteiger partial charge in [-0.1, -0.05) is 0 Å². The Morgan fingerprint density at radius 1 is 1.41 bits per heavy atom. The molecule has 2 aromatic rings. The second-order valence-electron chi connectivity index (χ2n) is 5.89. The van der Waals surface area contributed by atoms with Crippen LogP contribution >= 0.6 is 11.8 Å². The molecule has 0 amide bonds. The summed E-state index contributed by atoms with van der Waals surface area (Å²) in [7, 11) is 1.63. The van der Waals surface area contributed by atoms with Gasteiger partial charge in [0.25, 0.3) is 6.43 Å². The Morgan fingerprint density at radius 2 is 2.21 bits per heavy atom. The Morgan fingerprint density at radius 3 is 2.86 bits per heavy atom. The van der Waals surface area contributed by atoms with E-state index in [1.54, 1.807) is 25.1 Å². The van der Waals surface area contributed by atoms with Crippen LogP contribution in [0.25, 0.3) is 0 Å². The second-order valence-corrected chi connectivity index (χ2v) is 6.77. The second kappa shape index (κ2) is 11.2. The third-order valence-electron chi connectivity index (χ3n) is 3.82. The molecule has 1 aromatic carbocycles. The van der Waals surface area contributed by atoms with Crippen molar-refractivity contribution in [1.29, 1.82) is 0 Å². The van der Waals surface area contributed by atoms with Crippen LogP contribution in [0.5, 0.6) is 5.75 Å². The van der Waals surface area contributed by atoms with Crippen LogP contribution in [0.3, 0.4) is 0 Å². The van der Waals surface area contributed by atoms with Gasteiger partial charge >= 0.3 is 0 Å². The van der Waals surface area contributed by atoms with Gasteiger partial charge in [-0.2, -0.15) is 4.98 Å². The molecule has 0 aliphatic rings. The monoisotopic (exact) mass is 422 g/mol. The van der Waals surface area contributed by atoms with Gasteiger partial charge in [-0.25, -0.2) is 13.8 Å². The summed E-state index contributed by atoms with van der Waals surface area (Å²) in [5.41, 5.74) is 7.67. The van der Waals surface area contributed by atoms with Gasteiger partial charge < -0.3 is 21.1 Å². The van der Waals surface area contributed by atoms with Crippen LogP contribution < -0.4 is 21.1 Å². The number of allylic oxidation sites excluding steroid dienone is 1. The molecule has 4 N–H and O–H groups in total. The molecule has 0 fully saturated rings. The average Bonchev–Trinajstić information content (AvgIpc) is 2.72. The lowest BCUT2D eigenvalue weighted by Gasteiger charge is -2.14. The first-order chi connectivity index (χ1) is 14.0. The van der Waals surface area contributed by atoms with Crippen LogP contribution in [0, 0.1) is 6.92 Å². The van der Waals surface area contributed by atoms with Crippen LogP contribution in [0.15, 0.2) is 46.2 Å². The molecule has 7 nitrogen and oxygen atoms in total. The smallest absolute Gasteiger partial charge is 0.257 e. The fraction of sp³-hybridized carbons (Fsp3) is 0.316. The van der Waals surface area contributed by atoms with Gasteiger partial charge in [0, 0.05) is 41.2 Å². The van der Waals surface area contributed by atoms with Crippen molar-refractivity contribution in [2.24, 2.45) is 10.7 Å². The summed E-state index contributed by atoms with van der Waals surface area (Å²) in [6, 6.07) is 5.99. The molecule has 0 aliphatic carbocycles. The third-order valence-corrected chi connectivity index (χ3v) is 4.54. The van der Waals surface area contributed by atoms with E-state index < -0.39 is 13.0 Å². The van der Waals surface area contributed by atoms with E-state index in [-0.39, 0.29) is 5.95 Å². The standard InChI is InChI=1S/C19H24F2N6OS/c1-12-8-25-19(26-14(7-22)10-23-11-17(20)21)27-18(12)24-9-13-6-15(29-3)4-5-16(13)28-2/h4-8,10,17H,9,11,22H2,1-3H3,(H2,24,25,26,27)/b14-7+,23-10?. The molecule has 0 bridgehead atoms. The van der Waals surface area contributed by atoms with Crippen LogP contribution in [0.1, 0.15) is 11.1 Å². The van der Waals surface area contributed by atoms with E-state index in [1.807, 2.05) is 25.3 Å². The summed E-state index contributed by atoms with van der Waals surface area (Å²) in [6.45, 7) is 1.78. The number of benzene rings is 1. The molecule has 156 valence electrons. The molecular weight excluding hydrogens is 398 g/mol. The number of thioether (sulfide) groups is 1. The summed E-state index contributed by atoms with van der Waals surface area (Å²) in [5, 5.41) is 6.14. The van der Waals surface area contributed by atoms with E-state index in [0.29, 0.717) is 18.1 Å². The average molecular weight is 423 g/mol. The van der Waals surface area contributed by atoms with Crippen LogP contribution in [-0.2, 0) is 6.54 Å². The number of hydrogen-bond donors (Lipinski definition) is 3. The molecule has 29 heavy (non-hydrogen) atoms. The normalized spacial score (nSPS) is 11.9. The van der Waals surface area contributed by atoms with Crippen molar-refractivity contribution in [3.63, 3.8) is 0 Å². The van der Waals surface area contributed by atoms with Crippen molar-refractivity contribution in [2.75, 3.05) is 30.5 Å². The molecule has 0 atom stereocenters. The molecule has 10 heteroatoms. The largest absolute Gasteiger partial charge is 0.496 e. The van der Waals surface area contributed by atoms with Crippen LogP contribution in [-0.4, -0.2) is 42.5 Å². The topological polar surface area (TPSA) is 97.5 Å². The zero-order valence-corrected chi connectivity index (χ0v) is 17.3. The van der Waals surface area contributed by atoms with Crippen LogP contribution in [0.2, 0.25) is 0 Å². The van der Waals surface area contributed by atoms with E-state index in [2.05, 4.69) is 31.7 Å². The Bertz CT molecular complexity index is 876. The quantitative estimate of drug-likeness (QED) is 0.397. The molecule has 0 saturated heterocycles. The molecule has 0 saturated carbocycles. The highest BCUT2D eigenvalue weighted by atomic mass is 32.2. The zero-order chi connectivity index (χ0) is 21.2. The number of nitrogens with zero attached hydrogens (tertiary/aromatic N) is 3. The maximum atomic E-state index is 12.2. The number of methoxy groups -OCH3 is 1.